The summed E-state index contributed by atoms with van der Waals surface area (Å²) in [7, 11) is 0. The number of hydrogen-bond acceptors (Lipinski definition) is 2. The van der Waals surface area contributed by atoms with E-state index in [0.29, 0.717) is 12.0 Å². The van der Waals surface area contributed by atoms with Crippen LogP contribution in [0.2, 0.25) is 0 Å². The summed E-state index contributed by atoms with van der Waals surface area (Å²) in [5.41, 5.74) is 1.25. The van der Waals surface area contributed by atoms with Gasteiger partial charge in [-0.3, -0.25) is 0 Å². The molecule has 1 heterocycles. The van der Waals surface area contributed by atoms with Gasteiger partial charge in [-0.15, -0.1) is 0 Å². The summed E-state index contributed by atoms with van der Waals surface area (Å²) >= 11 is 0. The molecule has 1 aromatic carbocycles. The van der Waals surface area contributed by atoms with E-state index in [9.17, 15) is 0 Å². The zero-order chi connectivity index (χ0) is 15.2. The molecule has 0 radical (unpaired) electrons. The Kier molecular flexibility index (Phi) is 5.68. The Morgan fingerprint density at radius 2 is 2.00 bits per heavy atom. The largest absolute Gasteiger partial charge is 0.493 e. The summed E-state index contributed by atoms with van der Waals surface area (Å²) in [6.45, 7) is 11.6. The lowest BCUT2D eigenvalue weighted by Crippen LogP contribution is -2.33. The number of fused-ring (bicyclic) bond motifs is 1. The molecule has 1 atom stereocenters. The quantitative estimate of drug-likeness (QED) is 0.792. The number of benzene rings is 1. The number of hydrogen-bond donors (Lipinski definition) is 1. The Morgan fingerprint density at radius 3 is 2.71 bits per heavy atom. The van der Waals surface area contributed by atoms with E-state index in [-0.39, 0.29) is 0 Å². The van der Waals surface area contributed by atoms with E-state index in [4.69, 9.17) is 4.74 Å². The molecule has 1 unspecified atom stereocenters. The Balaban J connectivity index is 2.04. The molecule has 0 spiro atoms. The first-order valence-electron chi connectivity index (χ1n) is 8.07. The van der Waals surface area contributed by atoms with E-state index in [2.05, 4.69) is 68.0 Å². The van der Waals surface area contributed by atoms with E-state index in [1.54, 1.807) is 0 Å². The van der Waals surface area contributed by atoms with Gasteiger partial charge in [0.15, 0.2) is 0 Å². The average Bonchev–Trinajstić information content (AvgIpc) is 2.88. The van der Waals surface area contributed by atoms with Crippen LogP contribution in [0.4, 0.5) is 0 Å². The second-order valence-electron chi connectivity index (χ2n) is 6.03. The van der Waals surface area contributed by atoms with Gasteiger partial charge < -0.3 is 14.6 Å². The van der Waals surface area contributed by atoms with Gasteiger partial charge in [0.05, 0.1) is 12.1 Å². The standard InChI is InChI=1S/C18H28N2O/c1-5-13-21-18-8-6-7-17-16(18)9-11-20(17)12-10-19-15(4)14(2)3/h6-9,11,14-15,19H,5,10,12-13H2,1-4H3. The van der Waals surface area contributed by atoms with E-state index in [0.717, 1.165) is 31.9 Å². The van der Waals surface area contributed by atoms with Gasteiger partial charge in [0.25, 0.3) is 0 Å². The minimum absolute atomic E-state index is 0.551. The highest BCUT2D eigenvalue weighted by atomic mass is 16.5. The number of nitrogens with one attached hydrogen (secondary N) is 1. The first-order valence-corrected chi connectivity index (χ1v) is 8.07. The molecule has 0 aliphatic carbocycles. The molecule has 3 nitrogen and oxygen atoms in total. The molecule has 0 fully saturated rings. The molecule has 1 aromatic heterocycles. The molecule has 21 heavy (non-hydrogen) atoms. The highest BCUT2D eigenvalue weighted by molar-refractivity contribution is 5.86. The lowest BCUT2D eigenvalue weighted by molar-refractivity contribution is 0.321. The molecule has 2 rings (SSSR count). The van der Waals surface area contributed by atoms with Crippen molar-refractivity contribution in [2.75, 3.05) is 13.2 Å². The molecular formula is C18H28N2O. The smallest absolute Gasteiger partial charge is 0.128 e. The second kappa shape index (κ2) is 7.51. The van der Waals surface area contributed by atoms with Crippen LogP contribution < -0.4 is 10.1 Å². The predicted octanol–water partition coefficient (Wildman–Crippen LogP) is 4.06. The van der Waals surface area contributed by atoms with E-state index < -0.39 is 0 Å². The molecule has 0 aliphatic rings. The van der Waals surface area contributed by atoms with Crippen LogP contribution in [-0.2, 0) is 6.54 Å². The minimum Gasteiger partial charge on any atom is -0.493 e. The third kappa shape index (κ3) is 4.01. The fourth-order valence-corrected chi connectivity index (χ4v) is 2.38. The van der Waals surface area contributed by atoms with Gasteiger partial charge in [-0.1, -0.05) is 26.8 Å². The maximum Gasteiger partial charge on any atom is 0.128 e. The molecule has 3 heteroatoms. The van der Waals surface area contributed by atoms with Gasteiger partial charge in [-0.25, -0.2) is 0 Å². The lowest BCUT2D eigenvalue weighted by atomic mass is 10.1. The second-order valence-corrected chi connectivity index (χ2v) is 6.03. The van der Waals surface area contributed by atoms with Crippen molar-refractivity contribution in [1.29, 1.82) is 0 Å². The monoisotopic (exact) mass is 288 g/mol. The molecule has 0 saturated heterocycles. The summed E-state index contributed by atoms with van der Waals surface area (Å²) in [5.74, 6) is 1.66. The van der Waals surface area contributed by atoms with Crippen LogP contribution in [0, 0.1) is 5.92 Å². The Morgan fingerprint density at radius 1 is 1.19 bits per heavy atom. The normalized spacial score (nSPS) is 13.0. The first kappa shape index (κ1) is 15.9. The Hall–Kier alpha value is -1.48. The van der Waals surface area contributed by atoms with Crippen LogP contribution in [-0.4, -0.2) is 23.8 Å². The number of aromatic nitrogens is 1. The first-order chi connectivity index (χ1) is 10.1. The van der Waals surface area contributed by atoms with Gasteiger partial charge in [-0.2, -0.15) is 0 Å². The lowest BCUT2D eigenvalue weighted by Gasteiger charge is -2.17. The summed E-state index contributed by atoms with van der Waals surface area (Å²) in [5, 5.41) is 4.79. The number of nitrogens with zero attached hydrogens (tertiary/aromatic N) is 1. The van der Waals surface area contributed by atoms with Crippen LogP contribution in [0.25, 0.3) is 10.9 Å². The van der Waals surface area contributed by atoms with Crippen molar-refractivity contribution in [3.8, 4) is 5.75 Å². The molecule has 116 valence electrons. The van der Waals surface area contributed by atoms with E-state index >= 15 is 0 Å². The maximum atomic E-state index is 5.83. The maximum absolute atomic E-state index is 5.83. The van der Waals surface area contributed by atoms with Crippen LogP contribution in [0.3, 0.4) is 0 Å². The average molecular weight is 288 g/mol. The summed E-state index contributed by atoms with van der Waals surface area (Å²) in [6.07, 6.45) is 3.19. The zero-order valence-electron chi connectivity index (χ0n) is 13.7. The van der Waals surface area contributed by atoms with Crippen molar-refractivity contribution >= 4 is 10.9 Å². The zero-order valence-corrected chi connectivity index (χ0v) is 13.7. The Labute approximate surface area is 128 Å². The van der Waals surface area contributed by atoms with Crippen molar-refractivity contribution in [2.24, 2.45) is 5.92 Å². The predicted molar refractivity (Wildman–Crippen MR) is 90.0 cm³/mol. The Bertz CT molecular complexity index is 559. The molecule has 0 amide bonds. The van der Waals surface area contributed by atoms with Crippen LogP contribution >= 0.6 is 0 Å². The molecule has 0 bridgehead atoms. The number of ether oxygens (including phenoxy) is 1. The molecule has 2 aromatic rings. The van der Waals surface area contributed by atoms with Gasteiger partial charge in [0.1, 0.15) is 5.75 Å². The molecular weight excluding hydrogens is 260 g/mol. The van der Waals surface area contributed by atoms with Gasteiger partial charge in [-0.05, 0) is 37.5 Å². The van der Waals surface area contributed by atoms with Gasteiger partial charge >= 0.3 is 0 Å². The third-order valence-electron chi connectivity index (χ3n) is 4.05. The van der Waals surface area contributed by atoms with E-state index in [1.807, 2.05) is 0 Å². The van der Waals surface area contributed by atoms with E-state index in [1.165, 1.54) is 10.9 Å². The summed E-state index contributed by atoms with van der Waals surface area (Å²) in [4.78, 5) is 0. The molecule has 0 aliphatic heterocycles. The summed E-state index contributed by atoms with van der Waals surface area (Å²) < 4.78 is 8.13. The highest BCUT2D eigenvalue weighted by Crippen LogP contribution is 2.26. The van der Waals surface area contributed by atoms with Crippen LogP contribution in [0.15, 0.2) is 30.5 Å². The molecule has 0 saturated carbocycles. The van der Waals surface area contributed by atoms with Crippen LogP contribution in [0.1, 0.15) is 34.1 Å². The van der Waals surface area contributed by atoms with Crippen molar-refractivity contribution in [3.05, 3.63) is 30.5 Å². The van der Waals surface area contributed by atoms with Gasteiger partial charge in [0.2, 0.25) is 0 Å². The topological polar surface area (TPSA) is 26.2 Å². The summed E-state index contributed by atoms with van der Waals surface area (Å²) in [6, 6.07) is 9.01. The van der Waals surface area contributed by atoms with Crippen molar-refractivity contribution in [1.82, 2.24) is 9.88 Å². The fraction of sp³-hybridized carbons (Fsp3) is 0.556. The number of rotatable bonds is 8. The third-order valence-corrected chi connectivity index (χ3v) is 4.05. The fourth-order valence-electron chi connectivity index (χ4n) is 2.38. The van der Waals surface area contributed by atoms with Crippen molar-refractivity contribution in [3.63, 3.8) is 0 Å². The van der Waals surface area contributed by atoms with Crippen LogP contribution in [0.5, 0.6) is 5.75 Å². The molecule has 1 N–H and O–H groups in total. The minimum atomic E-state index is 0.551. The van der Waals surface area contributed by atoms with Crippen molar-refractivity contribution in [2.45, 2.75) is 46.7 Å². The van der Waals surface area contributed by atoms with Crippen molar-refractivity contribution < 1.29 is 4.74 Å². The van der Waals surface area contributed by atoms with Gasteiger partial charge in [0, 0.05) is 30.7 Å². The highest BCUT2D eigenvalue weighted by Gasteiger charge is 2.08. The SMILES string of the molecule is CCCOc1cccc2c1ccn2CCNC(C)C(C)C.